The molecule has 0 fully saturated rings. The van der Waals surface area contributed by atoms with Crippen molar-refractivity contribution in [2.24, 2.45) is 0 Å². The van der Waals surface area contributed by atoms with E-state index in [1.165, 1.54) is 0 Å². The molecule has 178 valence electrons. The highest BCUT2D eigenvalue weighted by atomic mass is 32.2. The van der Waals surface area contributed by atoms with E-state index in [-0.39, 0.29) is 5.91 Å². The zero-order valence-corrected chi connectivity index (χ0v) is 20.8. The number of hydrogen-bond acceptors (Lipinski definition) is 4. The lowest BCUT2D eigenvalue weighted by Gasteiger charge is -2.07. The quantitative estimate of drug-likeness (QED) is 0.243. The number of hydrogen-bond donors (Lipinski definition) is 1. The molecule has 0 spiro atoms. The van der Waals surface area contributed by atoms with Crippen molar-refractivity contribution in [2.75, 3.05) is 11.9 Å². The molecule has 0 saturated carbocycles. The third-order valence-corrected chi connectivity index (χ3v) is 6.35. The van der Waals surface area contributed by atoms with Crippen molar-refractivity contribution in [1.82, 2.24) is 9.55 Å². The molecule has 1 heterocycles. The lowest BCUT2D eigenvalue weighted by atomic mass is 10.0. The smallest absolute Gasteiger partial charge is 0.248 e. The van der Waals surface area contributed by atoms with Crippen LogP contribution in [0.3, 0.4) is 0 Å². The molecule has 1 amide bonds. The van der Waals surface area contributed by atoms with E-state index in [2.05, 4.69) is 33.9 Å². The Kier molecular flexibility index (Phi) is 8.41. The number of benzene rings is 3. The highest BCUT2D eigenvalue weighted by Gasteiger charge is 2.05. The first-order valence-corrected chi connectivity index (χ1v) is 12.6. The third-order valence-electron chi connectivity index (χ3n) is 5.30. The Morgan fingerprint density at radius 1 is 1.03 bits per heavy atom. The molecule has 0 aliphatic heterocycles. The fraction of sp³-hybridized carbons (Fsp3) is 0.172. The van der Waals surface area contributed by atoms with E-state index in [4.69, 9.17) is 4.74 Å². The van der Waals surface area contributed by atoms with Crippen LogP contribution in [0.2, 0.25) is 0 Å². The molecule has 4 aromatic rings. The normalized spacial score (nSPS) is 11.0. The third kappa shape index (κ3) is 6.87. The van der Waals surface area contributed by atoms with Crippen molar-refractivity contribution < 1.29 is 9.53 Å². The summed E-state index contributed by atoms with van der Waals surface area (Å²) in [6.45, 7) is 5.72. The summed E-state index contributed by atoms with van der Waals surface area (Å²) in [6.07, 6.45) is 8.19. The van der Waals surface area contributed by atoms with E-state index in [0.717, 1.165) is 51.0 Å². The number of nitrogens with one attached hydrogen (secondary N) is 1. The maximum absolute atomic E-state index is 12.5. The van der Waals surface area contributed by atoms with Gasteiger partial charge < -0.3 is 14.6 Å². The van der Waals surface area contributed by atoms with Crippen molar-refractivity contribution in [3.63, 3.8) is 0 Å². The van der Waals surface area contributed by atoms with Crippen molar-refractivity contribution in [1.29, 1.82) is 0 Å². The fourth-order valence-electron chi connectivity index (χ4n) is 3.62. The van der Waals surface area contributed by atoms with Gasteiger partial charge in [0.2, 0.25) is 5.91 Å². The van der Waals surface area contributed by atoms with Gasteiger partial charge in [0, 0.05) is 23.2 Å². The standard InChI is InChI=1S/C29H29N3O2S/c1-3-18-32-21-30-20-29(32)35-27-15-11-25(12-16-27)31-28(33)17-8-22-6-5-7-24(19-22)23-9-13-26(14-10-23)34-4-2/h5-17,19-21H,3-4,18H2,1-2H3,(H,31,33)/b17-8+. The molecule has 3 aromatic carbocycles. The molecule has 0 saturated heterocycles. The van der Waals surface area contributed by atoms with E-state index < -0.39 is 0 Å². The number of amides is 1. The average Bonchev–Trinajstić information content (AvgIpc) is 3.31. The zero-order valence-electron chi connectivity index (χ0n) is 20.0. The van der Waals surface area contributed by atoms with Gasteiger partial charge in [0.25, 0.3) is 0 Å². The average molecular weight is 484 g/mol. The van der Waals surface area contributed by atoms with E-state index in [0.29, 0.717) is 6.61 Å². The van der Waals surface area contributed by atoms with Crippen LogP contribution in [0.4, 0.5) is 5.69 Å². The summed E-state index contributed by atoms with van der Waals surface area (Å²) in [5.41, 5.74) is 3.91. The van der Waals surface area contributed by atoms with Gasteiger partial charge in [0.05, 0.1) is 24.2 Å². The number of carbonyl (C=O) groups excluding carboxylic acids is 1. The minimum Gasteiger partial charge on any atom is -0.494 e. The molecule has 0 radical (unpaired) electrons. The number of anilines is 1. The van der Waals surface area contributed by atoms with Gasteiger partial charge >= 0.3 is 0 Å². The first-order chi connectivity index (χ1) is 17.1. The Balaban J connectivity index is 1.35. The van der Waals surface area contributed by atoms with Gasteiger partial charge in [-0.2, -0.15) is 0 Å². The number of imidazole rings is 1. The summed E-state index contributed by atoms with van der Waals surface area (Å²) < 4.78 is 7.67. The van der Waals surface area contributed by atoms with Crippen molar-refractivity contribution in [3.8, 4) is 16.9 Å². The highest BCUT2D eigenvalue weighted by Crippen LogP contribution is 2.28. The summed E-state index contributed by atoms with van der Waals surface area (Å²) in [4.78, 5) is 17.8. The van der Waals surface area contributed by atoms with Gasteiger partial charge in [-0.05, 0) is 78.6 Å². The molecule has 0 bridgehead atoms. The molecule has 0 aliphatic carbocycles. The second-order valence-corrected chi connectivity index (χ2v) is 9.05. The first kappa shape index (κ1) is 24.4. The Labute approximate surface area is 210 Å². The van der Waals surface area contributed by atoms with Gasteiger partial charge in [-0.1, -0.05) is 49.0 Å². The summed E-state index contributed by atoms with van der Waals surface area (Å²) in [5.74, 6) is 0.691. The van der Waals surface area contributed by atoms with Crippen LogP contribution < -0.4 is 10.1 Å². The lowest BCUT2D eigenvalue weighted by molar-refractivity contribution is -0.111. The Bertz CT molecular complexity index is 1280. The van der Waals surface area contributed by atoms with Crippen LogP contribution in [0.1, 0.15) is 25.8 Å². The van der Waals surface area contributed by atoms with Gasteiger partial charge in [-0.15, -0.1) is 0 Å². The molecule has 4 rings (SSSR count). The summed E-state index contributed by atoms with van der Waals surface area (Å²) in [7, 11) is 0. The molecule has 5 nitrogen and oxygen atoms in total. The number of aromatic nitrogens is 2. The van der Waals surface area contributed by atoms with E-state index >= 15 is 0 Å². The first-order valence-electron chi connectivity index (χ1n) is 11.7. The second-order valence-electron chi connectivity index (χ2n) is 7.96. The number of nitrogens with zero attached hydrogens (tertiary/aromatic N) is 2. The summed E-state index contributed by atoms with van der Waals surface area (Å²) in [5, 5.41) is 4.04. The zero-order chi connectivity index (χ0) is 24.5. The Morgan fingerprint density at radius 2 is 1.83 bits per heavy atom. The number of ether oxygens (including phenoxy) is 1. The molecule has 0 atom stereocenters. The number of carbonyl (C=O) groups is 1. The predicted octanol–water partition coefficient (Wildman–Crippen LogP) is 7.16. The molecule has 0 unspecified atom stereocenters. The molecule has 6 heteroatoms. The van der Waals surface area contributed by atoms with Crippen LogP contribution in [-0.4, -0.2) is 22.1 Å². The second kappa shape index (κ2) is 12.1. The van der Waals surface area contributed by atoms with Crippen LogP contribution in [0, 0.1) is 0 Å². The van der Waals surface area contributed by atoms with Crippen molar-refractivity contribution in [2.45, 2.75) is 36.7 Å². The van der Waals surface area contributed by atoms with Gasteiger partial charge in [-0.25, -0.2) is 4.98 Å². The Hall–Kier alpha value is -3.77. The maximum atomic E-state index is 12.5. The minimum absolute atomic E-state index is 0.169. The topological polar surface area (TPSA) is 56.2 Å². The van der Waals surface area contributed by atoms with Crippen molar-refractivity contribution >= 4 is 29.4 Å². The minimum atomic E-state index is -0.169. The van der Waals surface area contributed by atoms with Gasteiger partial charge in [-0.3, -0.25) is 4.79 Å². The van der Waals surface area contributed by atoms with E-state index in [9.17, 15) is 4.79 Å². The maximum Gasteiger partial charge on any atom is 0.248 e. The molecule has 1 aromatic heterocycles. The monoisotopic (exact) mass is 483 g/mol. The summed E-state index contributed by atoms with van der Waals surface area (Å²) in [6, 6.07) is 24.0. The van der Waals surface area contributed by atoms with E-state index in [1.54, 1.807) is 17.8 Å². The molecular weight excluding hydrogens is 454 g/mol. The predicted molar refractivity (Wildman–Crippen MR) is 144 cm³/mol. The molecule has 35 heavy (non-hydrogen) atoms. The van der Waals surface area contributed by atoms with Crippen LogP contribution in [-0.2, 0) is 11.3 Å². The molecular formula is C29H29N3O2S. The van der Waals surface area contributed by atoms with E-state index in [1.807, 2.05) is 86.2 Å². The van der Waals surface area contributed by atoms with Crippen LogP contribution >= 0.6 is 11.8 Å². The number of rotatable bonds is 10. The number of aryl methyl sites for hydroxylation is 1. The van der Waals surface area contributed by atoms with Gasteiger partial charge in [0.1, 0.15) is 5.75 Å². The fourth-order valence-corrected chi connectivity index (χ4v) is 4.50. The van der Waals surface area contributed by atoms with Crippen LogP contribution in [0.5, 0.6) is 5.75 Å². The largest absolute Gasteiger partial charge is 0.494 e. The summed E-state index contributed by atoms with van der Waals surface area (Å²) >= 11 is 1.67. The van der Waals surface area contributed by atoms with Gasteiger partial charge in [0.15, 0.2) is 0 Å². The van der Waals surface area contributed by atoms with Crippen molar-refractivity contribution in [3.05, 3.63) is 97.0 Å². The SMILES string of the molecule is CCCn1cncc1Sc1ccc(NC(=O)/C=C/c2cccc(-c3ccc(OCC)cc3)c2)cc1. The lowest BCUT2D eigenvalue weighted by Crippen LogP contribution is -2.07. The molecule has 0 aliphatic rings. The molecule has 1 N–H and O–H groups in total. The van der Waals surface area contributed by atoms with Crippen LogP contribution in [0.15, 0.2) is 101 Å². The van der Waals surface area contributed by atoms with Crippen LogP contribution in [0.25, 0.3) is 17.2 Å². The highest BCUT2D eigenvalue weighted by molar-refractivity contribution is 7.99. The Morgan fingerprint density at radius 3 is 2.57 bits per heavy atom.